The van der Waals surface area contributed by atoms with Crippen molar-refractivity contribution in [3.05, 3.63) is 29.6 Å². The number of aryl methyl sites for hydroxylation is 1. The standard InChI is InChI=1S/C14H24N4.HI/c1-4-6-10-16-14(15-5-2)17-11-13-9-7-8-12(3)18-13;/h7-9H,4-6,10-11H2,1-3H3,(H2,15,16,17);1H. The Balaban J connectivity index is 0.00000324. The fourth-order valence-electron chi connectivity index (χ4n) is 1.57. The normalized spacial score (nSPS) is 10.8. The Morgan fingerprint density at radius 2 is 2.05 bits per heavy atom. The van der Waals surface area contributed by atoms with E-state index in [0.29, 0.717) is 6.54 Å². The summed E-state index contributed by atoms with van der Waals surface area (Å²) in [5, 5.41) is 6.56. The molecule has 2 N–H and O–H groups in total. The number of unbranched alkanes of at least 4 members (excludes halogenated alkanes) is 1. The van der Waals surface area contributed by atoms with Crippen molar-refractivity contribution in [1.29, 1.82) is 0 Å². The molecule has 5 heteroatoms. The van der Waals surface area contributed by atoms with Gasteiger partial charge in [-0.05, 0) is 32.4 Å². The summed E-state index contributed by atoms with van der Waals surface area (Å²) in [7, 11) is 0. The van der Waals surface area contributed by atoms with Gasteiger partial charge >= 0.3 is 0 Å². The van der Waals surface area contributed by atoms with Gasteiger partial charge in [-0.1, -0.05) is 19.4 Å². The Kier molecular flexibility index (Phi) is 10.5. The Morgan fingerprint density at radius 3 is 2.68 bits per heavy atom. The smallest absolute Gasteiger partial charge is 0.191 e. The maximum Gasteiger partial charge on any atom is 0.191 e. The lowest BCUT2D eigenvalue weighted by Gasteiger charge is -2.10. The number of nitrogens with zero attached hydrogens (tertiary/aromatic N) is 2. The predicted octanol–water partition coefficient (Wildman–Crippen LogP) is 2.86. The first-order valence-corrected chi connectivity index (χ1v) is 6.71. The Hall–Kier alpha value is -0.850. The second kappa shape index (κ2) is 11.0. The van der Waals surface area contributed by atoms with Gasteiger partial charge < -0.3 is 10.6 Å². The van der Waals surface area contributed by atoms with E-state index in [2.05, 4.69) is 34.5 Å². The van der Waals surface area contributed by atoms with Gasteiger partial charge in [-0.15, -0.1) is 24.0 Å². The highest BCUT2D eigenvalue weighted by Crippen LogP contribution is 1.99. The van der Waals surface area contributed by atoms with Gasteiger partial charge in [-0.2, -0.15) is 0 Å². The van der Waals surface area contributed by atoms with Crippen LogP contribution in [0.25, 0.3) is 0 Å². The molecule has 19 heavy (non-hydrogen) atoms. The Morgan fingerprint density at radius 1 is 1.26 bits per heavy atom. The molecule has 108 valence electrons. The lowest BCUT2D eigenvalue weighted by molar-refractivity contribution is 0.729. The van der Waals surface area contributed by atoms with E-state index in [1.807, 2.05) is 25.1 Å². The summed E-state index contributed by atoms with van der Waals surface area (Å²) in [5.74, 6) is 0.870. The molecule has 0 unspecified atom stereocenters. The molecule has 0 amide bonds. The molecular formula is C14H25IN4. The molecule has 4 nitrogen and oxygen atoms in total. The second-order valence-corrected chi connectivity index (χ2v) is 4.25. The molecule has 0 aliphatic heterocycles. The molecule has 0 aromatic carbocycles. The van der Waals surface area contributed by atoms with Crippen LogP contribution in [0.3, 0.4) is 0 Å². The van der Waals surface area contributed by atoms with Crippen LogP contribution in [-0.4, -0.2) is 24.0 Å². The molecule has 0 atom stereocenters. The van der Waals surface area contributed by atoms with E-state index < -0.39 is 0 Å². The summed E-state index contributed by atoms with van der Waals surface area (Å²) in [6.07, 6.45) is 2.35. The van der Waals surface area contributed by atoms with Gasteiger partial charge in [-0.3, -0.25) is 4.98 Å². The average molecular weight is 376 g/mol. The summed E-state index contributed by atoms with van der Waals surface area (Å²) in [6, 6.07) is 6.02. The number of hydrogen-bond donors (Lipinski definition) is 2. The number of rotatable bonds is 6. The zero-order chi connectivity index (χ0) is 13.2. The van der Waals surface area contributed by atoms with Gasteiger partial charge in [0, 0.05) is 18.8 Å². The highest BCUT2D eigenvalue weighted by molar-refractivity contribution is 14.0. The van der Waals surface area contributed by atoms with E-state index in [4.69, 9.17) is 0 Å². The minimum atomic E-state index is 0. The maximum absolute atomic E-state index is 4.53. The Labute approximate surface area is 133 Å². The summed E-state index contributed by atoms with van der Waals surface area (Å²) in [4.78, 5) is 8.97. The molecule has 0 aliphatic rings. The van der Waals surface area contributed by atoms with E-state index >= 15 is 0 Å². The topological polar surface area (TPSA) is 49.3 Å². The van der Waals surface area contributed by atoms with Gasteiger partial charge in [0.05, 0.1) is 12.2 Å². The summed E-state index contributed by atoms with van der Waals surface area (Å²) in [5.41, 5.74) is 2.04. The van der Waals surface area contributed by atoms with Crippen LogP contribution in [-0.2, 0) is 6.54 Å². The highest BCUT2D eigenvalue weighted by atomic mass is 127. The number of aliphatic imine (C=N–C) groups is 1. The molecule has 0 bridgehead atoms. The third kappa shape index (κ3) is 8.02. The molecule has 0 aliphatic carbocycles. The van der Waals surface area contributed by atoms with Gasteiger partial charge in [0.2, 0.25) is 0 Å². The van der Waals surface area contributed by atoms with Crippen molar-refractivity contribution in [1.82, 2.24) is 15.6 Å². The van der Waals surface area contributed by atoms with Crippen molar-refractivity contribution in [2.45, 2.75) is 40.2 Å². The second-order valence-electron chi connectivity index (χ2n) is 4.25. The molecule has 0 saturated heterocycles. The first kappa shape index (κ1) is 18.1. The van der Waals surface area contributed by atoms with Crippen molar-refractivity contribution in [2.75, 3.05) is 13.1 Å². The van der Waals surface area contributed by atoms with Crippen LogP contribution in [0.4, 0.5) is 0 Å². The molecule has 0 fully saturated rings. The Bertz CT molecular complexity index is 379. The first-order chi connectivity index (χ1) is 8.76. The van der Waals surface area contributed by atoms with Crippen LogP contribution in [0.15, 0.2) is 23.2 Å². The van der Waals surface area contributed by atoms with Crippen LogP contribution in [0.2, 0.25) is 0 Å². The number of pyridine rings is 1. The van der Waals surface area contributed by atoms with E-state index in [-0.39, 0.29) is 24.0 Å². The molecule has 1 aromatic rings. The van der Waals surface area contributed by atoms with Gasteiger partial charge in [0.25, 0.3) is 0 Å². The van der Waals surface area contributed by atoms with Crippen LogP contribution in [0, 0.1) is 6.92 Å². The minimum absolute atomic E-state index is 0. The quantitative estimate of drug-likeness (QED) is 0.348. The van der Waals surface area contributed by atoms with Crippen molar-refractivity contribution in [3.8, 4) is 0 Å². The van der Waals surface area contributed by atoms with Gasteiger partial charge in [-0.25, -0.2) is 4.99 Å². The predicted molar refractivity (Wildman–Crippen MR) is 92.1 cm³/mol. The van der Waals surface area contributed by atoms with Crippen LogP contribution in [0.5, 0.6) is 0 Å². The van der Waals surface area contributed by atoms with Crippen LogP contribution < -0.4 is 10.6 Å². The fraction of sp³-hybridized carbons (Fsp3) is 0.571. The van der Waals surface area contributed by atoms with Crippen molar-refractivity contribution in [3.63, 3.8) is 0 Å². The number of guanidine groups is 1. The van der Waals surface area contributed by atoms with E-state index in [0.717, 1.165) is 36.9 Å². The highest BCUT2D eigenvalue weighted by Gasteiger charge is 1.97. The number of nitrogens with one attached hydrogen (secondary N) is 2. The molecule has 1 aromatic heterocycles. The third-order valence-electron chi connectivity index (χ3n) is 2.51. The summed E-state index contributed by atoms with van der Waals surface area (Å²) < 4.78 is 0. The SMILES string of the molecule is CCCCNC(=NCc1cccc(C)n1)NCC.I. The number of hydrogen-bond acceptors (Lipinski definition) is 2. The van der Waals surface area contributed by atoms with Crippen LogP contribution >= 0.6 is 24.0 Å². The molecule has 0 radical (unpaired) electrons. The third-order valence-corrected chi connectivity index (χ3v) is 2.51. The largest absolute Gasteiger partial charge is 0.357 e. The summed E-state index contributed by atoms with van der Waals surface area (Å²) >= 11 is 0. The zero-order valence-corrected chi connectivity index (χ0v) is 14.4. The lowest BCUT2D eigenvalue weighted by Crippen LogP contribution is -2.37. The fourth-order valence-corrected chi connectivity index (χ4v) is 1.57. The molecule has 0 saturated carbocycles. The van der Waals surface area contributed by atoms with E-state index in [9.17, 15) is 0 Å². The number of aromatic nitrogens is 1. The molecule has 1 heterocycles. The van der Waals surface area contributed by atoms with Gasteiger partial charge in [0.15, 0.2) is 5.96 Å². The first-order valence-electron chi connectivity index (χ1n) is 6.71. The summed E-state index contributed by atoms with van der Waals surface area (Å²) in [6.45, 7) is 8.70. The van der Waals surface area contributed by atoms with E-state index in [1.54, 1.807) is 0 Å². The van der Waals surface area contributed by atoms with Crippen molar-refractivity contribution >= 4 is 29.9 Å². The average Bonchev–Trinajstić information content (AvgIpc) is 2.36. The molecule has 0 spiro atoms. The lowest BCUT2D eigenvalue weighted by atomic mass is 10.3. The number of halogens is 1. The van der Waals surface area contributed by atoms with Crippen molar-refractivity contribution in [2.24, 2.45) is 4.99 Å². The minimum Gasteiger partial charge on any atom is -0.357 e. The molecule has 1 rings (SSSR count). The van der Waals surface area contributed by atoms with Crippen molar-refractivity contribution < 1.29 is 0 Å². The van der Waals surface area contributed by atoms with E-state index in [1.165, 1.54) is 6.42 Å². The monoisotopic (exact) mass is 376 g/mol. The maximum atomic E-state index is 4.53. The zero-order valence-electron chi connectivity index (χ0n) is 12.1. The van der Waals surface area contributed by atoms with Crippen LogP contribution in [0.1, 0.15) is 38.1 Å². The van der Waals surface area contributed by atoms with Gasteiger partial charge in [0.1, 0.15) is 0 Å². The molecular weight excluding hydrogens is 351 g/mol.